The monoisotopic (exact) mass is 405 g/mol. The molecule has 0 saturated carbocycles. The lowest BCUT2D eigenvalue weighted by atomic mass is 10.2. The average Bonchev–Trinajstić information content (AvgIpc) is 3.17. The molecule has 0 bridgehead atoms. The van der Waals surface area contributed by atoms with E-state index in [1.165, 1.54) is 23.9 Å². The molecule has 0 atom stereocenters. The number of aromatic nitrogens is 3. The summed E-state index contributed by atoms with van der Waals surface area (Å²) in [7, 11) is 0. The van der Waals surface area contributed by atoms with Crippen molar-refractivity contribution >= 4 is 40.1 Å². The van der Waals surface area contributed by atoms with E-state index >= 15 is 0 Å². The SMILES string of the molecule is O=C(CSc1ncccc1-c1nc2ccccc2[nH]1)Nc1ccccc1[N+](=O)[O-]. The highest BCUT2D eigenvalue weighted by Gasteiger charge is 2.16. The Hall–Kier alpha value is -3.72. The first-order valence-electron chi connectivity index (χ1n) is 8.68. The number of pyridine rings is 1. The second-order valence-electron chi connectivity index (χ2n) is 6.07. The van der Waals surface area contributed by atoms with Gasteiger partial charge in [-0.3, -0.25) is 14.9 Å². The maximum Gasteiger partial charge on any atom is 0.292 e. The first kappa shape index (κ1) is 18.6. The zero-order valence-electron chi connectivity index (χ0n) is 15.0. The molecule has 0 aliphatic heterocycles. The van der Waals surface area contributed by atoms with E-state index in [2.05, 4.69) is 20.3 Å². The van der Waals surface area contributed by atoms with Crippen LogP contribution in [0, 0.1) is 10.1 Å². The van der Waals surface area contributed by atoms with Crippen molar-refractivity contribution in [1.29, 1.82) is 0 Å². The molecule has 2 aromatic carbocycles. The predicted molar refractivity (Wildman–Crippen MR) is 112 cm³/mol. The number of para-hydroxylation sites is 4. The number of benzene rings is 2. The van der Waals surface area contributed by atoms with E-state index < -0.39 is 4.92 Å². The largest absolute Gasteiger partial charge is 0.338 e. The van der Waals surface area contributed by atoms with Crippen LogP contribution in [0.25, 0.3) is 22.4 Å². The number of carbonyl (C=O) groups is 1. The van der Waals surface area contributed by atoms with Gasteiger partial charge in [-0.2, -0.15) is 0 Å². The zero-order chi connectivity index (χ0) is 20.2. The molecular weight excluding hydrogens is 390 g/mol. The molecule has 0 saturated heterocycles. The first-order chi connectivity index (χ1) is 14.1. The van der Waals surface area contributed by atoms with Gasteiger partial charge in [0.15, 0.2) is 0 Å². The van der Waals surface area contributed by atoms with Crippen LogP contribution in [0.3, 0.4) is 0 Å². The smallest absolute Gasteiger partial charge is 0.292 e. The van der Waals surface area contributed by atoms with Gasteiger partial charge in [0, 0.05) is 17.8 Å². The number of imidazole rings is 1. The third-order valence-corrected chi connectivity index (χ3v) is 5.14. The Morgan fingerprint density at radius 3 is 2.72 bits per heavy atom. The summed E-state index contributed by atoms with van der Waals surface area (Å²) in [6, 6.07) is 17.4. The number of nitrogens with zero attached hydrogens (tertiary/aromatic N) is 3. The molecule has 2 N–H and O–H groups in total. The summed E-state index contributed by atoms with van der Waals surface area (Å²) < 4.78 is 0. The van der Waals surface area contributed by atoms with Crippen LogP contribution in [0.5, 0.6) is 0 Å². The fourth-order valence-electron chi connectivity index (χ4n) is 2.83. The second kappa shape index (κ2) is 8.11. The number of carbonyl (C=O) groups excluding carboxylic acids is 1. The minimum absolute atomic E-state index is 0.0519. The zero-order valence-corrected chi connectivity index (χ0v) is 15.8. The Labute approximate surface area is 169 Å². The van der Waals surface area contributed by atoms with E-state index in [4.69, 9.17) is 0 Å². The van der Waals surface area contributed by atoms with Crippen molar-refractivity contribution < 1.29 is 9.72 Å². The Kier molecular flexibility index (Phi) is 5.21. The number of aromatic amines is 1. The van der Waals surface area contributed by atoms with Crippen LogP contribution < -0.4 is 5.32 Å². The molecular formula is C20H15N5O3S. The van der Waals surface area contributed by atoms with Gasteiger partial charge in [-0.1, -0.05) is 36.0 Å². The molecule has 2 aromatic heterocycles. The molecule has 29 heavy (non-hydrogen) atoms. The van der Waals surface area contributed by atoms with Crippen LogP contribution in [0.1, 0.15) is 0 Å². The van der Waals surface area contributed by atoms with Gasteiger partial charge in [-0.05, 0) is 30.3 Å². The molecule has 9 heteroatoms. The quantitative estimate of drug-likeness (QED) is 0.281. The number of nitro groups is 1. The lowest BCUT2D eigenvalue weighted by Gasteiger charge is -2.07. The number of H-pyrrole nitrogens is 1. The van der Waals surface area contributed by atoms with Crippen LogP contribution in [0.4, 0.5) is 11.4 Å². The Morgan fingerprint density at radius 1 is 1.10 bits per heavy atom. The van der Waals surface area contributed by atoms with Crippen LogP contribution in [0.15, 0.2) is 71.9 Å². The van der Waals surface area contributed by atoms with Crippen LogP contribution >= 0.6 is 11.8 Å². The van der Waals surface area contributed by atoms with Gasteiger partial charge in [0.2, 0.25) is 5.91 Å². The number of nitro benzene ring substituents is 1. The fraction of sp³-hybridized carbons (Fsp3) is 0.0500. The van der Waals surface area contributed by atoms with E-state index in [0.29, 0.717) is 10.9 Å². The Balaban J connectivity index is 1.51. The number of thioether (sulfide) groups is 1. The molecule has 4 rings (SSSR count). The maximum absolute atomic E-state index is 12.3. The molecule has 0 aliphatic carbocycles. The molecule has 4 aromatic rings. The summed E-state index contributed by atoms with van der Waals surface area (Å²) in [6.45, 7) is 0. The lowest BCUT2D eigenvalue weighted by molar-refractivity contribution is -0.383. The molecule has 8 nitrogen and oxygen atoms in total. The number of nitrogens with one attached hydrogen (secondary N) is 2. The van der Waals surface area contributed by atoms with Crippen LogP contribution in [-0.2, 0) is 4.79 Å². The van der Waals surface area contributed by atoms with Crippen molar-refractivity contribution in [2.24, 2.45) is 0 Å². The topological polar surface area (TPSA) is 114 Å². The van der Waals surface area contributed by atoms with Gasteiger partial charge in [0.05, 0.1) is 21.7 Å². The minimum atomic E-state index is -0.527. The fourth-order valence-corrected chi connectivity index (χ4v) is 3.62. The second-order valence-corrected chi connectivity index (χ2v) is 7.03. The minimum Gasteiger partial charge on any atom is -0.338 e. The number of hydrogen-bond acceptors (Lipinski definition) is 6. The van der Waals surface area contributed by atoms with Gasteiger partial charge < -0.3 is 10.3 Å². The number of anilines is 1. The van der Waals surface area contributed by atoms with Gasteiger partial charge in [0.25, 0.3) is 5.69 Å². The van der Waals surface area contributed by atoms with Crippen LogP contribution in [-0.4, -0.2) is 31.5 Å². The summed E-state index contributed by atoms with van der Waals surface area (Å²) in [5, 5.41) is 14.3. The van der Waals surface area contributed by atoms with Crippen molar-refractivity contribution in [3.63, 3.8) is 0 Å². The van der Waals surface area contributed by atoms with Crippen LogP contribution in [0.2, 0.25) is 0 Å². The van der Waals surface area contributed by atoms with Crippen molar-refractivity contribution in [2.45, 2.75) is 5.03 Å². The Bertz CT molecular complexity index is 1170. The van der Waals surface area contributed by atoms with Gasteiger partial charge in [-0.25, -0.2) is 9.97 Å². The standard InChI is InChI=1S/C20H15N5O3S/c26-18(22-16-9-3-4-10-17(16)25(27)28)12-29-20-13(6-5-11-21-20)19-23-14-7-1-2-8-15(14)24-19/h1-11H,12H2,(H,22,26)(H,23,24). The molecule has 144 valence electrons. The predicted octanol–water partition coefficient (Wildman–Crippen LogP) is 4.26. The highest BCUT2D eigenvalue weighted by molar-refractivity contribution is 8.00. The van der Waals surface area contributed by atoms with Gasteiger partial charge in [-0.15, -0.1) is 0 Å². The van der Waals surface area contributed by atoms with E-state index in [-0.39, 0.29) is 23.0 Å². The van der Waals surface area contributed by atoms with Crippen molar-refractivity contribution in [1.82, 2.24) is 15.0 Å². The molecule has 1 amide bonds. The molecule has 0 unspecified atom stereocenters. The van der Waals surface area contributed by atoms with Crippen molar-refractivity contribution in [3.8, 4) is 11.4 Å². The normalized spacial score (nSPS) is 10.8. The van der Waals surface area contributed by atoms with Gasteiger partial charge >= 0.3 is 0 Å². The van der Waals surface area contributed by atoms with E-state index in [0.717, 1.165) is 16.6 Å². The number of fused-ring (bicyclic) bond motifs is 1. The van der Waals surface area contributed by atoms with E-state index in [1.54, 1.807) is 24.4 Å². The number of amides is 1. The first-order valence-corrected chi connectivity index (χ1v) is 9.66. The summed E-state index contributed by atoms with van der Waals surface area (Å²) in [6.07, 6.45) is 1.65. The summed E-state index contributed by atoms with van der Waals surface area (Å²) >= 11 is 1.24. The van der Waals surface area contributed by atoms with E-state index in [9.17, 15) is 14.9 Å². The van der Waals surface area contributed by atoms with Crippen molar-refractivity contribution in [2.75, 3.05) is 11.1 Å². The lowest BCUT2D eigenvalue weighted by Crippen LogP contribution is -2.15. The summed E-state index contributed by atoms with van der Waals surface area (Å²) in [5.74, 6) is 0.363. The highest BCUT2D eigenvalue weighted by atomic mass is 32.2. The molecule has 0 aliphatic rings. The average molecular weight is 405 g/mol. The number of rotatable bonds is 6. The molecule has 2 heterocycles. The molecule has 0 radical (unpaired) electrons. The highest BCUT2D eigenvalue weighted by Crippen LogP contribution is 2.30. The van der Waals surface area contributed by atoms with Gasteiger partial charge in [0.1, 0.15) is 16.5 Å². The van der Waals surface area contributed by atoms with E-state index in [1.807, 2.05) is 30.3 Å². The number of hydrogen-bond donors (Lipinski definition) is 2. The summed E-state index contributed by atoms with van der Waals surface area (Å²) in [4.78, 5) is 35.1. The molecule has 0 fully saturated rings. The maximum atomic E-state index is 12.3. The Morgan fingerprint density at radius 2 is 1.90 bits per heavy atom. The van der Waals surface area contributed by atoms with Crippen molar-refractivity contribution in [3.05, 3.63) is 77.0 Å². The summed E-state index contributed by atoms with van der Waals surface area (Å²) in [5.41, 5.74) is 2.56. The third-order valence-electron chi connectivity index (χ3n) is 4.13. The third kappa shape index (κ3) is 4.09. The molecule has 0 spiro atoms.